The predicted octanol–water partition coefficient (Wildman–Crippen LogP) is 1.88. The summed E-state index contributed by atoms with van der Waals surface area (Å²) >= 11 is 6.06. The van der Waals surface area contributed by atoms with Crippen molar-refractivity contribution in [3.63, 3.8) is 0 Å². The number of aryl methyl sites for hydroxylation is 1. The Balaban J connectivity index is 2.28. The summed E-state index contributed by atoms with van der Waals surface area (Å²) in [5.41, 5.74) is 1.72. The summed E-state index contributed by atoms with van der Waals surface area (Å²) in [6, 6.07) is 5.19. The number of nitrogens with zero attached hydrogens (tertiary/aromatic N) is 2. The van der Waals surface area contributed by atoms with E-state index in [1.807, 2.05) is 6.92 Å². The van der Waals surface area contributed by atoms with Crippen LogP contribution in [0.2, 0.25) is 5.02 Å². The fraction of sp³-hybridized carbons (Fsp3) is 0.267. The van der Waals surface area contributed by atoms with Crippen molar-refractivity contribution >= 4 is 34.8 Å². The van der Waals surface area contributed by atoms with E-state index in [0.717, 1.165) is 5.56 Å². The Hall–Kier alpha value is -2.32. The maximum Gasteiger partial charge on any atom is 0.268 e. The number of hydrogen-bond donors (Lipinski definition) is 1. The number of amides is 2. The molecule has 1 N–H and O–H groups in total. The molecule has 5 nitrogen and oxygen atoms in total. The van der Waals surface area contributed by atoms with Gasteiger partial charge < -0.3 is 5.32 Å². The van der Waals surface area contributed by atoms with Crippen molar-refractivity contribution in [2.45, 2.75) is 19.8 Å². The zero-order chi connectivity index (χ0) is 15.4. The minimum atomic E-state index is -0.358. The minimum absolute atomic E-state index is 0.127. The fourth-order valence-electron chi connectivity index (χ4n) is 1.87. The van der Waals surface area contributed by atoms with Gasteiger partial charge in [0, 0.05) is 17.9 Å². The number of nitrogens with one attached hydrogen (secondary N) is 1. The quantitative estimate of drug-likeness (QED) is 0.867. The Morgan fingerprint density at radius 1 is 1.52 bits per heavy atom. The van der Waals surface area contributed by atoms with E-state index < -0.39 is 0 Å². The molecule has 0 spiro atoms. The average Bonchev–Trinajstić information content (AvgIpc) is 2.48. The highest BCUT2D eigenvalue weighted by Gasteiger charge is 2.25. The molecule has 6 heteroatoms. The number of hydrazone groups is 1. The molecule has 0 radical (unpaired) electrons. The van der Waals surface area contributed by atoms with E-state index in [1.54, 1.807) is 18.2 Å². The molecule has 0 atom stereocenters. The van der Waals surface area contributed by atoms with Gasteiger partial charge in [0.15, 0.2) is 0 Å². The first kappa shape index (κ1) is 15.1. The van der Waals surface area contributed by atoms with Gasteiger partial charge in [-0.05, 0) is 24.6 Å². The first-order valence-electron chi connectivity index (χ1n) is 6.41. The van der Waals surface area contributed by atoms with Gasteiger partial charge >= 0.3 is 0 Å². The Labute approximate surface area is 128 Å². The van der Waals surface area contributed by atoms with E-state index in [1.165, 1.54) is 5.01 Å². The average molecular weight is 304 g/mol. The van der Waals surface area contributed by atoms with Crippen molar-refractivity contribution in [3.05, 3.63) is 28.8 Å². The topological polar surface area (TPSA) is 61.8 Å². The third-order valence-corrected chi connectivity index (χ3v) is 3.45. The van der Waals surface area contributed by atoms with Crippen LogP contribution in [0.3, 0.4) is 0 Å². The van der Waals surface area contributed by atoms with E-state index in [4.69, 9.17) is 18.0 Å². The third kappa shape index (κ3) is 3.41. The molecular formula is C15H14ClN3O2. The number of rotatable bonds is 3. The first-order chi connectivity index (χ1) is 10.0. The summed E-state index contributed by atoms with van der Waals surface area (Å²) < 4.78 is 0. The molecule has 0 aromatic heterocycles. The van der Waals surface area contributed by atoms with Gasteiger partial charge in [0.1, 0.15) is 5.71 Å². The lowest BCUT2D eigenvalue weighted by molar-refractivity contribution is -0.118. The fourth-order valence-corrected chi connectivity index (χ4v) is 2.04. The number of terminal acetylenes is 1. The summed E-state index contributed by atoms with van der Waals surface area (Å²) in [5, 5.41) is 8.41. The van der Waals surface area contributed by atoms with Crippen LogP contribution in [0.5, 0.6) is 0 Å². The lowest BCUT2D eigenvalue weighted by Gasteiger charge is -2.23. The summed E-state index contributed by atoms with van der Waals surface area (Å²) in [7, 11) is 0. The van der Waals surface area contributed by atoms with Crippen LogP contribution in [0.1, 0.15) is 18.4 Å². The molecule has 0 fully saturated rings. The monoisotopic (exact) mass is 303 g/mol. The van der Waals surface area contributed by atoms with Crippen LogP contribution in [0.15, 0.2) is 23.3 Å². The van der Waals surface area contributed by atoms with Crippen LogP contribution in [0.4, 0.5) is 5.69 Å². The van der Waals surface area contributed by atoms with Crippen molar-refractivity contribution in [1.82, 2.24) is 5.32 Å². The highest BCUT2D eigenvalue weighted by Crippen LogP contribution is 2.25. The molecule has 2 rings (SSSR count). The molecule has 0 saturated heterocycles. The molecule has 1 aliphatic heterocycles. The van der Waals surface area contributed by atoms with E-state index in [9.17, 15) is 9.59 Å². The van der Waals surface area contributed by atoms with Gasteiger partial charge in [-0.25, -0.2) is 5.01 Å². The highest BCUT2D eigenvalue weighted by atomic mass is 35.5. The molecule has 1 aliphatic rings. The number of anilines is 1. The van der Waals surface area contributed by atoms with Crippen LogP contribution in [0, 0.1) is 19.3 Å². The summed E-state index contributed by atoms with van der Waals surface area (Å²) in [4.78, 5) is 23.8. The van der Waals surface area contributed by atoms with Crippen molar-refractivity contribution in [2.75, 3.05) is 11.6 Å². The Morgan fingerprint density at radius 3 is 2.95 bits per heavy atom. The summed E-state index contributed by atoms with van der Waals surface area (Å²) in [6.45, 7) is 1.99. The zero-order valence-electron chi connectivity index (χ0n) is 11.5. The molecule has 108 valence electrons. The molecule has 1 aromatic carbocycles. The van der Waals surface area contributed by atoms with Crippen LogP contribution in [0.25, 0.3) is 0 Å². The van der Waals surface area contributed by atoms with E-state index in [-0.39, 0.29) is 30.5 Å². The van der Waals surface area contributed by atoms with Crippen molar-refractivity contribution in [3.8, 4) is 12.3 Å². The van der Waals surface area contributed by atoms with Crippen LogP contribution in [-0.2, 0) is 9.59 Å². The number of carbonyl (C=O) groups excluding carboxylic acids is 2. The second-order valence-electron chi connectivity index (χ2n) is 4.57. The van der Waals surface area contributed by atoms with Gasteiger partial charge in [0.05, 0.1) is 12.2 Å². The molecule has 0 aliphatic carbocycles. The zero-order valence-corrected chi connectivity index (χ0v) is 12.3. The van der Waals surface area contributed by atoms with Gasteiger partial charge in [-0.3, -0.25) is 9.59 Å². The molecule has 2 amide bonds. The highest BCUT2D eigenvalue weighted by molar-refractivity contribution is 6.40. The number of halogens is 1. The number of hydrogen-bond acceptors (Lipinski definition) is 3. The number of benzene rings is 1. The first-order valence-corrected chi connectivity index (χ1v) is 6.79. The molecule has 21 heavy (non-hydrogen) atoms. The minimum Gasteiger partial charge on any atom is -0.340 e. The van der Waals surface area contributed by atoms with Gasteiger partial charge in [-0.2, -0.15) is 5.10 Å². The van der Waals surface area contributed by atoms with Gasteiger partial charge in [-0.1, -0.05) is 23.6 Å². The van der Waals surface area contributed by atoms with Crippen molar-refractivity contribution in [2.24, 2.45) is 5.10 Å². The van der Waals surface area contributed by atoms with Crippen LogP contribution < -0.4 is 10.3 Å². The van der Waals surface area contributed by atoms with Crippen LogP contribution >= 0.6 is 11.6 Å². The standard InChI is InChI=1S/C15H14ClN3O2/c1-3-8-17-15(21)13-6-7-14(20)19(18-13)11-5-4-10(2)12(16)9-11/h1,4-5,9H,6-8H2,2H3,(H,17,21). The Bertz CT molecular complexity index is 661. The van der Waals surface area contributed by atoms with E-state index in [2.05, 4.69) is 16.3 Å². The van der Waals surface area contributed by atoms with E-state index >= 15 is 0 Å². The lowest BCUT2D eigenvalue weighted by atomic mass is 10.1. The molecular weight excluding hydrogens is 290 g/mol. The second-order valence-corrected chi connectivity index (χ2v) is 4.98. The SMILES string of the molecule is C#CCNC(=O)C1=NN(c2ccc(C)c(Cl)c2)C(=O)CC1. The number of carbonyl (C=O) groups is 2. The molecule has 1 heterocycles. The van der Waals surface area contributed by atoms with Gasteiger partial charge in [-0.15, -0.1) is 6.42 Å². The lowest BCUT2D eigenvalue weighted by Crippen LogP contribution is -2.39. The van der Waals surface area contributed by atoms with E-state index in [0.29, 0.717) is 17.1 Å². The Morgan fingerprint density at radius 2 is 2.29 bits per heavy atom. The van der Waals surface area contributed by atoms with Gasteiger partial charge in [0.2, 0.25) is 5.91 Å². The smallest absolute Gasteiger partial charge is 0.268 e. The third-order valence-electron chi connectivity index (χ3n) is 3.05. The molecule has 1 aromatic rings. The molecule has 0 bridgehead atoms. The second kappa shape index (κ2) is 6.42. The summed E-state index contributed by atoms with van der Waals surface area (Å²) in [6.07, 6.45) is 5.61. The van der Waals surface area contributed by atoms with Crippen molar-refractivity contribution in [1.29, 1.82) is 0 Å². The molecule has 0 unspecified atom stereocenters. The predicted molar refractivity (Wildman–Crippen MR) is 82.2 cm³/mol. The van der Waals surface area contributed by atoms with Gasteiger partial charge in [0.25, 0.3) is 5.91 Å². The normalized spacial score (nSPS) is 14.4. The summed E-state index contributed by atoms with van der Waals surface area (Å²) in [5.74, 6) is 1.78. The van der Waals surface area contributed by atoms with Crippen molar-refractivity contribution < 1.29 is 9.59 Å². The maximum atomic E-state index is 12.0. The molecule has 0 saturated carbocycles. The Kier molecular flexibility index (Phi) is 4.61. The largest absolute Gasteiger partial charge is 0.340 e. The maximum absolute atomic E-state index is 12.0. The van der Waals surface area contributed by atoms with Crippen LogP contribution in [-0.4, -0.2) is 24.1 Å².